The molecule has 1 fully saturated rings. The minimum atomic E-state index is 0.192. The first-order chi connectivity index (χ1) is 9.79. The molecule has 2 aromatic rings. The van der Waals surface area contributed by atoms with Crippen molar-refractivity contribution in [3.05, 3.63) is 30.0 Å². The zero-order chi connectivity index (χ0) is 13.9. The van der Waals surface area contributed by atoms with E-state index in [1.807, 2.05) is 36.2 Å². The summed E-state index contributed by atoms with van der Waals surface area (Å²) in [5, 5.41) is 11.5. The van der Waals surface area contributed by atoms with Crippen LogP contribution in [0.3, 0.4) is 0 Å². The Labute approximate surface area is 118 Å². The highest BCUT2D eigenvalue weighted by Crippen LogP contribution is 2.20. The van der Waals surface area contributed by atoms with Gasteiger partial charge in [0.15, 0.2) is 0 Å². The van der Waals surface area contributed by atoms with Crippen LogP contribution in [0, 0.1) is 0 Å². The zero-order valence-corrected chi connectivity index (χ0v) is 11.7. The molecule has 106 valence electrons. The Balaban J connectivity index is 1.75. The fourth-order valence-corrected chi connectivity index (χ4v) is 3.01. The molecule has 1 saturated heterocycles. The van der Waals surface area contributed by atoms with Crippen LogP contribution in [0.15, 0.2) is 24.3 Å². The highest BCUT2D eigenvalue weighted by molar-refractivity contribution is 5.87. The first kappa shape index (κ1) is 13.1. The molecule has 1 aromatic carbocycles. The van der Waals surface area contributed by atoms with Crippen molar-refractivity contribution in [3.63, 3.8) is 0 Å². The van der Waals surface area contributed by atoms with Crippen LogP contribution in [-0.4, -0.2) is 47.2 Å². The highest BCUT2D eigenvalue weighted by Gasteiger charge is 2.28. The summed E-state index contributed by atoms with van der Waals surface area (Å²) in [7, 11) is 1.93. The summed E-state index contributed by atoms with van der Waals surface area (Å²) in [6.45, 7) is 1.74. The van der Waals surface area contributed by atoms with Gasteiger partial charge in [-0.25, -0.2) is 0 Å². The normalized spacial score (nSPS) is 18.9. The van der Waals surface area contributed by atoms with Gasteiger partial charge in [-0.05, 0) is 26.0 Å². The number of hydrogen-bond donors (Lipinski definition) is 2. The van der Waals surface area contributed by atoms with Crippen molar-refractivity contribution in [2.24, 2.45) is 0 Å². The maximum Gasteiger partial charge on any atom is 0.228 e. The van der Waals surface area contributed by atoms with Crippen LogP contribution in [0.4, 0.5) is 0 Å². The Bertz CT molecular complexity index is 607. The molecule has 0 aliphatic carbocycles. The van der Waals surface area contributed by atoms with E-state index in [2.05, 4.69) is 15.5 Å². The van der Waals surface area contributed by atoms with E-state index in [0.29, 0.717) is 12.5 Å². The number of para-hydroxylation sites is 1. The van der Waals surface area contributed by atoms with Gasteiger partial charge in [0.25, 0.3) is 0 Å². The van der Waals surface area contributed by atoms with Crippen molar-refractivity contribution in [1.29, 1.82) is 0 Å². The van der Waals surface area contributed by atoms with E-state index in [9.17, 15) is 4.79 Å². The summed E-state index contributed by atoms with van der Waals surface area (Å²) in [5.74, 6) is 0.192. The Kier molecular flexibility index (Phi) is 3.69. The average Bonchev–Trinajstić information content (AvgIpc) is 3.07. The highest BCUT2D eigenvalue weighted by atomic mass is 16.2. The Hall–Kier alpha value is -1.88. The number of carbonyl (C=O) groups is 1. The second-order valence-electron chi connectivity index (χ2n) is 5.34. The smallest absolute Gasteiger partial charge is 0.228 e. The summed E-state index contributed by atoms with van der Waals surface area (Å²) in [6.07, 6.45) is 2.60. The van der Waals surface area contributed by atoms with Gasteiger partial charge in [0.1, 0.15) is 0 Å². The molecule has 0 spiro atoms. The van der Waals surface area contributed by atoms with Gasteiger partial charge in [-0.3, -0.25) is 9.89 Å². The zero-order valence-electron chi connectivity index (χ0n) is 11.7. The SMILES string of the molecule is CNCC1CCCN1C(=O)Cc1[nH]nc2ccccc12. The second-order valence-corrected chi connectivity index (χ2v) is 5.34. The van der Waals surface area contributed by atoms with Crippen molar-refractivity contribution < 1.29 is 4.79 Å². The number of fused-ring (bicyclic) bond motifs is 1. The molecule has 2 heterocycles. The van der Waals surface area contributed by atoms with Crippen molar-refractivity contribution in [3.8, 4) is 0 Å². The number of nitrogens with zero attached hydrogens (tertiary/aromatic N) is 2. The molecule has 0 bridgehead atoms. The van der Waals surface area contributed by atoms with Gasteiger partial charge in [-0.1, -0.05) is 18.2 Å². The number of aromatic amines is 1. The number of carbonyl (C=O) groups excluding carboxylic acids is 1. The molecule has 20 heavy (non-hydrogen) atoms. The number of rotatable bonds is 4. The number of likely N-dealkylation sites (tertiary alicyclic amines) is 1. The van der Waals surface area contributed by atoms with E-state index in [-0.39, 0.29) is 5.91 Å². The quantitative estimate of drug-likeness (QED) is 0.882. The molecule has 3 rings (SSSR count). The van der Waals surface area contributed by atoms with E-state index in [4.69, 9.17) is 0 Å². The molecule has 1 atom stereocenters. The van der Waals surface area contributed by atoms with E-state index < -0.39 is 0 Å². The number of likely N-dealkylation sites (N-methyl/N-ethyl adjacent to an activating group) is 1. The van der Waals surface area contributed by atoms with Crippen molar-refractivity contribution in [2.75, 3.05) is 20.1 Å². The number of aromatic nitrogens is 2. The lowest BCUT2D eigenvalue weighted by Crippen LogP contribution is -2.41. The first-order valence-electron chi connectivity index (χ1n) is 7.15. The van der Waals surface area contributed by atoms with Gasteiger partial charge in [-0.15, -0.1) is 0 Å². The number of H-pyrrole nitrogens is 1. The molecule has 1 aliphatic rings. The largest absolute Gasteiger partial charge is 0.338 e. The third-order valence-corrected chi connectivity index (χ3v) is 4.01. The molecule has 1 aromatic heterocycles. The minimum Gasteiger partial charge on any atom is -0.338 e. The van der Waals surface area contributed by atoms with Gasteiger partial charge < -0.3 is 10.2 Å². The fourth-order valence-electron chi connectivity index (χ4n) is 3.01. The summed E-state index contributed by atoms with van der Waals surface area (Å²) in [6, 6.07) is 8.24. The molecule has 5 heteroatoms. The monoisotopic (exact) mass is 272 g/mol. The molecule has 1 unspecified atom stereocenters. The van der Waals surface area contributed by atoms with Crippen LogP contribution in [0.2, 0.25) is 0 Å². The molecule has 0 saturated carbocycles. The summed E-state index contributed by atoms with van der Waals surface area (Å²) < 4.78 is 0. The second kappa shape index (κ2) is 5.63. The maximum atomic E-state index is 12.5. The van der Waals surface area contributed by atoms with Crippen LogP contribution < -0.4 is 5.32 Å². The first-order valence-corrected chi connectivity index (χ1v) is 7.15. The van der Waals surface area contributed by atoms with Gasteiger partial charge in [-0.2, -0.15) is 5.10 Å². The van der Waals surface area contributed by atoms with Crippen LogP contribution in [-0.2, 0) is 11.2 Å². The number of hydrogen-bond acceptors (Lipinski definition) is 3. The van der Waals surface area contributed by atoms with Crippen molar-refractivity contribution >= 4 is 16.8 Å². The van der Waals surface area contributed by atoms with E-state index in [0.717, 1.165) is 42.5 Å². The lowest BCUT2D eigenvalue weighted by atomic mass is 10.1. The third-order valence-electron chi connectivity index (χ3n) is 4.01. The maximum absolute atomic E-state index is 12.5. The Morgan fingerprint density at radius 1 is 1.50 bits per heavy atom. The summed E-state index contributed by atoms with van der Waals surface area (Å²) in [4.78, 5) is 14.5. The van der Waals surface area contributed by atoms with Crippen molar-refractivity contribution in [2.45, 2.75) is 25.3 Å². The summed E-state index contributed by atoms with van der Waals surface area (Å²) in [5.41, 5.74) is 1.84. The van der Waals surface area contributed by atoms with Crippen LogP contribution in [0.25, 0.3) is 10.9 Å². The average molecular weight is 272 g/mol. The minimum absolute atomic E-state index is 0.192. The van der Waals surface area contributed by atoms with E-state index >= 15 is 0 Å². The van der Waals surface area contributed by atoms with Crippen LogP contribution in [0.5, 0.6) is 0 Å². The number of benzene rings is 1. The standard InChI is InChI=1S/C15H20N4O/c1-16-10-11-5-4-8-19(11)15(20)9-14-12-6-2-3-7-13(12)17-18-14/h2-3,6-7,11,16H,4-5,8-10H2,1H3,(H,17,18). The molecule has 2 N–H and O–H groups in total. The third kappa shape index (κ3) is 2.41. The van der Waals surface area contributed by atoms with Gasteiger partial charge in [0.2, 0.25) is 5.91 Å². The van der Waals surface area contributed by atoms with Crippen LogP contribution in [0.1, 0.15) is 18.5 Å². The Morgan fingerprint density at radius 3 is 3.20 bits per heavy atom. The lowest BCUT2D eigenvalue weighted by Gasteiger charge is -2.24. The molecule has 1 aliphatic heterocycles. The fraction of sp³-hybridized carbons (Fsp3) is 0.467. The molecule has 1 amide bonds. The van der Waals surface area contributed by atoms with E-state index in [1.165, 1.54) is 0 Å². The van der Waals surface area contributed by atoms with Gasteiger partial charge >= 0.3 is 0 Å². The van der Waals surface area contributed by atoms with E-state index in [1.54, 1.807) is 0 Å². The summed E-state index contributed by atoms with van der Waals surface area (Å²) >= 11 is 0. The topological polar surface area (TPSA) is 61.0 Å². The van der Waals surface area contributed by atoms with Gasteiger partial charge in [0, 0.05) is 24.5 Å². The predicted molar refractivity (Wildman–Crippen MR) is 78.5 cm³/mol. The molecule has 5 nitrogen and oxygen atoms in total. The van der Waals surface area contributed by atoms with Gasteiger partial charge in [0.05, 0.1) is 17.6 Å². The Morgan fingerprint density at radius 2 is 2.35 bits per heavy atom. The van der Waals surface area contributed by atoms with Crippen LogP contribution >= 0.6 is 0 Å². The lowest BCUT2D eigenvalue weighted by molar-refractivity contribution is -0.131. The molecular formula is C15H20N4O. The number of nitrogens with one attached hydrogen (secondary N) is 2. The molecule has 0 radical (unpaired) electrons. The number of amides is 1. The predicted octanol–water partition coefficient (Wildman–Crippen LogP) is 1.32. The van der Waals surface area contributed by atoms with Crippen molar-refractivity contribution in [1.82, 2.24) is 20.4 Å². The molecular weight excluding hydrogens is 252 g/mol.